The van der Waals surface area contributed by atoms with Crippen LogP contribution in [0.2, 0.25) is 0 Å². The van der Waals surface area contributed by atoms with E-state index >= 15 is 0 Å². The number of amides is 2. The van der Waals surface area contributed by atoms with E-state index in [-0.39, 0.29) is 41.3 Å². The highest BCUT2D eigenvalue weighted by molar-refractivity contribution is 7.92. The van der Waals surface area contributed by atoms with Crippen LogP contribution in [0.1, 0.15) is 38.3 Å². The number of carbonyl (C=O) groups excluding carboxylic acids is 2. The molecule has 1 unspecified atom stereocenters. The van der Waals surface area contributed by atoms with E-state index in [1.165, 1.54) is 35.2 Å². The van der Waals surface area contributed by atoms with Crippen LogP contribution in [0.4, 0.5) is 10.1 Å². The minimum absolute atomic E-state index is 0.0927. The smallest absolute Gasteiger partial charge is 0.264 e. The Labute approximate surface area is 252 Å². The number of hydrogen-bond donors (Lipinski definition) is 1. The number of hydrogen-bond acceptors (Lipinski definition) is 6. The number of nitrogens with zero attached hydrogens (tertiary/aromatic N) is 2. The van der Waals surface area contributed by atoms with Gasteiger partial charge < -0.3 is 19.7 Å². The lowest BCUT2D eigenvalue weighted by molar-refractivity contribution is -0.140. The molecule has 2 amide bonds. The molecule has 0 aromatic heterocycles. The molecule has 0 saturated heterocycles. The Hall–Kier alpha value is -4.12. The van der Waals surface area contributed by atoms with Gasteiger partial charge in [0.05, 0.1) is 10.6 Å². The van der Waals surface area contributed by atoms with Crippen molar-refractivity contribution in [3.63, 3.8) is 0 Å². The van der Waals surface area contributed by atoms with Crippen LogP contribution in [0.5, 0.6) is 11.5 Å². The molecule has 0 radical (unpaired) electrons. The number of sulfonamides is 1. The molecule has 3 aromatic carbocycles. The number of nitrogens with one attached hydrogen (secondary N) is 1. The molecular formula is C32H38FN3O6S. The number of carbonyl (C=O) groups is 2. The molecule has 3 aromatic rings. The lowest BCUT2D eigenvalue weighted by atomic mass is 10.1. The summed E-state index contributed by atoms with van der Waals surface area (Å²) >= 11 is 0. The molecule has 9 nitrogen and oxygen atoms in total. The van der Waals surface area contributed by atoms with E-state index in [1.807, 2.05) is 45.0 Å². The third-order valence-corrected chi connectivity index (χ3v) is 8.77. The van der Waals surface area contributed by atoms with Crippen molar-refractivity contribution in [2.24, 2.45) is 5.92 Å². The average Bonchev–Trinajstić information content (AvgIpc) is 2.98. The molecule has 1 N–H and O–H groups in total. The van der Waals surface area contributed by atoms with Crippen molar-refractivity contribution < 1.29 is 31.9 Å². The maximum Gasteiger partial charge on any atom is 0.264 e. The third-order valence-electron chi connectivity index (χ3n) is 7.00. The van der Waals surface area contributed by atoms with E-state index in [4.69, 9.17) is 9.47 Å². The van der Waals surface area contributed by atoms with E-state index in [0.29, 0.717) is 25.3 Å². The highest BCUT2D eigenvalue weighted by Crippen LogP contribution is 2.34. The first-order chi connectivity index (χ1) is 20.5. The summed E-state index contributed by atoms with van der Waals surface area (Å²) in [6.45, 7) is 8.19. The van der Waals surface area contributed by atoms with Crippen LogP contribution in [0.25, 0.3) is 0 Å². The predicted octanol–water partition coefficient (Wildman–Crippen LogP) is 4.68. The topological polar surface area (TPSA) is 105 Å². The van der Waals surface area contributed by atoms with Crippen molar-refractivity contribution in [2.75, 3.05) is 30.6 Å². The SMILES string of the molecule is CCC(C(=O)NCC(C)C)N(Cc1cccc(C)c1)C(=O)CN(c1ccc(F)cc1)S(=O)(=O)c1ccc2c(c1)OCCO2. The highest BCUT2D eigenvalue weighted by atomic mass is 32.2. The molecule has 1 heterocycles. The Morgan fingerprint density at radius 2 is 1.67 bits per heavy atom. The number of aryl methyl sites for hydroxylation is 1. The zero-order chi connectivity index (χ0) is 31.1. The average molecular weight is 612 g/mol. The van der Waals surface area contributed by atoms with Crippen molar-refractivity contribution in [1.82, 2.24) is 10.2 Å². The van der Waals surface area contributed by atoms with Crippen LogP contribution < -0.4 is 19.1 Å². The normalized spacial score (nSPS) is 13.3. The van der Waals surface area contributed by atoms with Crippen LogP contribution in [0, 0.1) is 18.7 Å². The Morgan fingerprint density at radius 3 is 2.33 bits per heavy atom. The molecule has 0 saturated carbocycles. The molecule has 1 aliphatic heterocycles. The zero-order valence-corrected chi connectivity index (χ0v) is 25.7. The van der Waals surface area contributed by atoms with Crippen LogP contribution in [0.3, 0.4) is 0 Å². The fourth-order valence-electron chi connectivity index (χ4n) is 4.80. The lowest BCUT2D eigenvalue weighted by Gasteiger charge is -2.33. The number of ether oxygens (including phenoxy) is 2. The highest BCUT2D eigenvalue weighted by Gasteiger charge is 2.34. The summed E-state index contributed by atoms with van der Waals surface area (Å²) < 4.78 is 54.1. The first-order valence-corrected chi connectivity index (χ1v) is 15.7. The van der Waals surface area contributed by atoms with Crippen molar-refractivity contribution >= 4 is 27.5 Å². The van der Waals surface area contributed by atoms with Gasteiger partial charge in [0.25, 0.3) is 10.0 Å². The van der Waals surface area contributed by atoms with Gasteiger partial charge in [0.1, 0.15) is 31.6 Å². The zero-order valence-electron chi connectivity index (χ0n) is 24.9. The number of rotatable bonds is 12. The number of halogens is 1. The fraction of sp³-hybridized carbons (Fsp3) is 0.375. The second-order valence-corrected chi connectivity index (χ2v) is 12.7. The quantitative estimate of drug-likeness (QED) is 0.319. The molecule has 0 spiro atoms. The van der Waals surface area contributed by atoms with Gasteiger partial charge >= 0.3 is 0 Å². The predicted molar refractivity (Wildman–Crippen MR) is 162 cm³/mol. The van der Waals surface area contributed by atoms with Crippen molar-refractivity contribution in [1.29, 1.82) is 0 Å². The van der Waals surface area contributed by atoms with Gasteiger partial charge in [-0.3, -0.25) is 13.9 Å². The van der Waals surface area contributed by atoms with Crippen LogP contribution in [-0.4, -0.2) is 57.5 Å². The maximum absolute atomic E-state index is 14.2. The summed E-state index contributed by atoms with van der Waals surface area (Å²) in [5.74, 6) is -0.573. The Morgan fingerprint density at radius 1 is 0.977 bits per heavy atom. The van der Waals surface area contributed by atoms with Crippen molar-refractivity contribution in [3.05, 3.63) is 83.7 Å². The summed E-state index contributed by atoms with van der Waals surface area (Å²) in [5.41, 5.74) is 1.88. The van der Waals surface area contributed by atoms with E-state index < -0.39 is 34.3 Å². The number of anilines is 1. The third kappa shape index (κ3) is 7.84. The standard InChI is InChI=1S/C32H38FN3O6S/c1-5-28(32(38)34-19-22(2)3)35(20-24-8-6-7-23(4)17-24)31(37)21-36(26-11-9-25(33)10-12-26)43(39,40)27-13-14-29-30(18-27)42-16-15-41-29/h6-14,17-18,22,28H,5,15-16,19-21H2,1-4H3,(H,34,38). The van der Waals surface area contributed by atoms with Gasteiger partial charge in [0, 0.05) is 19.2 Å². The molecule has 1 aliphatic rings. The summed E-state index contributed by atoms with van der Waals surface area (Å²) in [7, 11) is -4.36. The molecule has 0 bridgehead atoms. The van der Waals surface area contributed by atoms with Crippen LogP contribution >= 0.6 is 0 Å². The monoisotopic (exact) mass is 611 g/mol. The summed E-state index contributed by atoms with van der Waals surface area (Å²) in [4.78, 5) is 28.8. The molecule has 0 fully saturated rings. The number of benzene rings is 3. The maximum atomic E-state index is 14.2. The molecule has 43 heavy (non-hydrogen) atoms. The Bertz CT molecular complexity index is 1540. The van der Waals surface area contributed by atoms with E-state index in [0.717, 1.165) is 27.6 Å². The van der Waals surface area contributed by atoms with Crippen LogP contribution in [0.15, 0.2) is 71.6 Å². The second kappa shape index (κ2) is 13.9. The Kier molecular flexibility index (Phi) is 10.3. The van der Waals surface area contributed by atoms with E-state index in [9.17, 15) is 22.4 Å². The fourth-order valence-corrected chi connectivity index (χ4v) is 6.23. The largest absolute Gasteiger partial charge is 0.486 e. The van der Waals surface area contributed by atoms with Gasteiger partial charge in [-0.2, -0.15) is 0 Å². The summed E-state index contributed by atoms with van der Waals surface area (Å²) in [6, 6.07) is 15.8. The van der Waals surface area contributed by atoms with Gasteiger partial charge in [0.15, 0.2) is 11.5 Å². The first-order valence-electron chi connectivity index (χ1n) is 14.3. The van der Waals surface area contributed by atoms with Crippen LogP contribution in [-0.2, 0) is 26.2 Å². The van der Waals surface area contributed by atoms with Gasteiger partial charge in [-0.05, 0) is 61.2 Å². The van der Waals surface area contributed by atoms with Gasteiger partial charge in [0.2, 0.25) is 11.8 Å². The van der Waals surface area contributed by atoms with Crippen molar-refractivity contribution in [2.45, 2.75) is 51.6 Å². The van der Waals surface area contributed by atoms with E-state index in [2.05, 4.69) is 5.32 Å². The molecule has 230 valence electrons. The van der Waals surface area contributed by atoms with E-state index in [1.54, 1.807) is 6.92 Å². The second-order valence-electron chi connectivity index (χ2n) is 10.9. The minimum Gasteiger partial charge on any atom is -0.486 e. The molecule has 4 rings (SSSR count). The van der Waals surface area contributed by atoms with Gasteiger partial charge in [-0.25, -0.2) is 12.8 Å². The molecule has 11 heteroatoms. The van der Waals surface area contributed by atoms with Gasteiger partial charge in [-0.1, -0.05) is 50.6 Å². The van der Waals surface area contributed by atoms with Crippen molar-refractivity contribution in [3.8, 4) is 11.5 Å². The molecule has 1 atom stereocenters. The van der Waals surface area contributed by atoms with Gasteiger partial charge in [-0.15, -0.1) is 0 Å². The Balaban J connectivity index is 1.73. The lowest BCUT2D eigenvalue weighted by Crippen LogP contribution is -2.52. The molecule has 0 aliphatic carbocycles. The first kappa shape index (κ1) is 31.8. The summed E-state index contributed by atoms with van der Waals surface area (Å²) in [5, 5.41) is 2.91. The summed E-state index contributed by atoms with van der Waals surface area (Å²) in [6.07, 6.45) is 0.312. The minimum atomic E-state index is -4.36. The molecular weight excluding hydrogens is 573 g/mol. The number of fused-ring (bicyclic) bond motifs is 1.